The quantitative estimate of drug-likeness (QED) is 0.251. The van der Waals surface area contributed by atoms with Crippen LogP contribution in [0.2, 0.25) is 0 Å². The number of aryl methyl sites for hydroxylation is 1. The van der Waals surface area contributed by atoms with Gasteiger partial charge in [-0.05, 0) is 74.5 Å². The van der Waals surface area contributed by atoms with Crippen molar-refractivity contribution in [1.82, 2.24) is 0 Å². The molecule has 0 amide bonds. The second-order valence-corrected chi connectivity index (χ2v) is 8.44. The number of hydrogen-bond acceptors (Lipinski definition) is 1. The van der Waals surface area contributed by atoms with E-state index in [4.69, 9.17) is 4.74 Å². The Hall–Kier alpha value is -1.24. The molecule has 1 nitrogen and oxygen atoms in total. The highest BCUT2D eigenvalue weighted by Gasteiger charge is 2.18. The van der Waals surface area contributed by atoms with E-state index in [2.05, 4.69) is 50.3 Å². The Morgan fingerprint density at radius 1 is 0.889 bits per heavy atom. The molecule has 0 radical (unpaired) electrons. The molecule has 1 aromatic carbocycles. The van der Waals surface area contributed by atoms with Crippen LogP contribution in [0.5, 0.6) is 5.75 Å². The van der Waals surface area contributed by atoms with Crippen LogP contribution in [-0.4, -0.2) is 6.61 Å². The molecule has 0 aliphatic heterocycles. The van der Waals surface area contributed by atoms with Gasteiger partial charge in [0, 0.05) is 0 Å². The molecular formula is C26H42O. The lowest BCUT2D eigenvalue weighted by Gasteiger charge is -2.26. The van der Waals surface area contributed by atoms with Crippen LogP contribution < -0.4 is 4.74 Å². The van der Waals surface area contributed by atoms with Gasteiger partial charge in [0.05, 0.1) is 6.61 Å². The van der Waals surface area contributed by atoms with E-state index in [1.807, 2.05) is 0 Å². The number of rotatable bonds is 13. The molecule has 0 N–H and O–H groups in total. The Morgan fingerprint density at radius 2 is 1.59 bits per heavy atom. The van der Waals surface area contributed by atoms with Crippen molar-refractivity contribution in [2.75, 3.05) is 6.61 Å². The number of benzene rings is 1. The van der Waals surface area contributed by atoms with E-state index in [0.717, 1.165) is 43.5 Å². The molecule has 1 fully saturated rings. The number of unbranched alkanes of at least 4 members (excludes halogenated alkanes) is 4. The van der Waals surface area contributed by atoms with Gasteiger partial charge in [0.15, 0.2) is 0 Å². The second kappa shape index (κ2) is 13.9. The molecule has 0 atom stereocenters. The zero-order chi connectivity index (χ0) is 19.2. The average molecular weight is 371 g/mol. The molecule has 0 unspecified atom stereocenters. The number of allylic oxidation sites excluding steroid dienone is 2. The lowest BCUT2D eigenvalue weighted by Crippen LogP contribution is -2.13. The standard InChI is InChI=1S/C26H42O/c1-3-5-7-11-23-14-16-24(17-15-23)12-8-9-13-25-18-20-26(21-19-25)27-22-10-6-4-2/h8,12,18-21,23-24H,3-7,9-11,13-17,22H2,1-2H3/t23-,24-. The van der Waals surface area contributed by atoms with Crippen molar-refractivity contribution in [2.45, 2.75) is 97.3 Å². The maximum atomic E-state index is 5.79. The van der Waals surface area contributed by atoms with E-state index >= 15 is 0 Å². The van der Waals surface area contributed by atoms with Gasteiger partial charge in [0.2, 0.25) is 0 Å². The van der Waals surface area contributed by atoms with Gasteiger partial charge in [-0.3, -0.25) is 0 Å². The molecule has 1 aliphatic rings. The third-order valence-electron chi connectivity index (χ3n) is 6.06. The first-order chi connectivity index (χ1) is 13.3. The van der Waals surface area contributed by atoms with Crippen molar-refractivity contribution in [2.24, 2.45) is 11.8 Å². The van der Waals surface area contributed by atoms with Crippen molar-refractivity contribution < 1.29 is 4.74 Å². The first-order valence-corrected chi connectivity index (χ1v) is 11.7. The smallest absolute Gasteiger partial charge is 0.119 e. The molecule has 1 aliphatic carbocycles. The monoisotopic (exact) mass is 370 g/mol. The number of hydrogen-bond donors (Lipinski definition) is 0. The molecule has 0 aromatic heterocycles. The fraction of sp³-hybridized carbons (Fsp3) is 0.692. The minimum Gasteiger partial charge on any atom is -0.494 e. The van der Waals surface area contributed by atoms with Gasteiger partial charge in [0.1, 0.15) is 5.75 Å². The third kappa shape index (κ3) is 9.49. The summed E-state index contributed by atoms with van der Waals surface area (Å²) in [6.45, 7) is 5.37. The van der Waals surface area contributed by atoms with Gasteiger partial charge in [-0.25, -0.2) is 0 Å². The summed E-state index contributed by atoms with van der Waals surface area (Å²) >= 11 is 0. The third-order valence-corrected chi connectivity index (χ3v) is 6.06. The second-order valence-electron chi connectivity index (χ2n) is 8.44. The highest BCUT2D eigenvalue weighted by molar-refractivity contribution is 5.27. The van der Waals surface area contributed by atoms with E-state index in [-0.39, 0.29) is 0 Å². The summed E-state index contributed by atoms with van der Waals surface area (Å²) in [7, 11) is 0. The SMILES string of the molecule is CCCCCOc1ccc(CCC=C[C@H]2CC[C@H](CCCCC)CC2)cc1. The van der Waals surface area contributed by atoms with Gasteiger partial charge in [-0.2, -0.15) is 0 Å². The molecule has 0 heterocycles. The molecule has 152 valence electrons. The minimum atomic E-state index is 0.839. The summed E-state index contributed by atoms with van der Waals surface area (Å²) in [5.74, 6) is 2.87. The van der Waals surface area contributed by atoms with Gasteiger partial charge < -0.3 is 4.74 Å². The molecule has 0 saturated heterocycles. The molecule has 1 aromatic rings. The van der Waals surface area contributed by atoms with Crippen LogP contribution in [-0.2, 0) is 6.42 Å². The van der Waals surface area contributed by atoms with Crippen LogP contribution in [0, 0.1) is 11.8 Å². The van der Waals surface area contributed by atoms with E-state index in [0.29, 0.717) is 0 Å². The summed E-state index contributed by atoms with van der Waals surface area (Å²) in [5.41, 5.74) is 1.42. The zero-order valence-electron chi connectivity index (χ0n) is 17.9. The van der Waals surface area contributed by atoms with Crippen LogP contribution in [0.1, 0.15) is 96.5 Å². The number of ether oxygens (including phenoxy) is 1. The molecular weight excluding hydrogens is 328 g/mol. The summed E-state index contributed by atoms with van der Waals surface area (Å²) < 4.78 is 5.79. The van der Waals surface area contributed by atoms with E-state index in [1.54, 1.807) is 0 Å². The van der Waals surface area contributed by atoms with Crippen LogP contribution in [0.3, 0.4) is 0 Å². The Kier molecular flexibility index (Phi) is 11.3. The average Bonchev–Trinajstić information content (AvgIpc) is 2.71. The van der Waals surface area contributed by atoms with Crippen LogP contribution >= 0.6 is 0 Å². The predicted octanol–water partition coefficient (Wildman–Crippen LogP) is 8.13. The van der Waals surface area contributed by atoms with E-state index in [9.17, 15) is 0 Å². The Balaban J connectivity index is 1.58. The summed E-state index contributed by atoms with van der Waals surface area (Å²) in [6, 6.07) is 8.71. The normalized spacial score (nSPS) is 20.2. The molecule has 1 heteroatoms. The van der Waals surface area contributed by atoms with Crippen molar-refractivity contribution >= 4 is 0 Å². The Labute approximate surface area is 168 Å². The lowest BCUT2D eigenvalue weighted by molar-refractivity contribution is 0.289. The van der Waals surface area contributed by atoms with Crippen molar-refractivity contribution in [3.8, 4) is 5.75 Å². The van der Waals surface area contributed by atoms with Gasteiger partial charge in [0.25, 0.3) is 0 Å². The van der Waals surface area contributed by atoms with Gasteiger partial charge >= 0.3 is 0 Å². The summed E-state index contributed by atoms with van der Waals surface area (Å²) in [4.78, 5) is 0. The van der Waals surface area contributed by atoms with Gasteiger partial charge in [-0.1, -0.05) is 76.7 Å². The molecule has 1 saturated carbocycles. The highest BCUT2D eigenvalue weighted by atomic mass is 16.5. The Bertz CT molecular complexity index is 493. The fourth-order valence-electron chi connectivity index (χ4n) is 4.19. The molecule has 27 heavy (non-hydrogen) atoms. The largest absolute Gasteiger partial charge is 0.494 e. The van der Waals surface area contributed by atoms with E-state index in [1.165, 1.54) is 69.8 Å². The van der Waals surface area contributed by atoms with E-state index < -0.39 is 0 Å². The van der Waals surface area contributed by atoms with Gasteiger partial charge in [-0.15, -0.1) is 0 Å². The summed E-state index contributed by atoms with van der Waals surface area (Å²) in [6.07, 6.45) is 22.3. The topological polar surface area (TPSA) is 9.23 Å². The minimum absolute atomic E-state index is 0.839. The molecule has 2 rings (SSSR count). The highest BCUT2D eigenvalue weighted by Crippen LogP contribution is 2.32. The van der Waals surface area contributed by atoms with Crippen LogP contribution in [0.15, 0.2) is 36.4 Å². The lowest BCUT2D eigenvalue weighted by atomic mass is 9.79. The van der Waals surface area contributed by atoms with Crippen LogP contribution in [0.25, 0.3) is 0 Å². The maximum absolute atomic E-state index is 5.79. The van der Waals surface area contributed by atoms with Crippen LogP contribution in [0.4, 0.5) is 0 Å². The predicted molar refractivity (Wildman–Crippen MR) is 119 cm³/mol. The first kappa shape index (κ1) is 22.1. The Morgan fingerprint density at radius 3 is 2.30 bits per heavy atom. The summed E-state index contributed by atoms with van der Waals surface area (Å²) in [5, 5.41) is 0. The molecule has 0 spiro atoms. The van der Waals surface area contributed by atoms with Crippen molar-refractivity contribution in [1.29, 1.82) is 0 Å². The zero-order valence-corrected chi connectivity index (χ0v) is 17.9. The fourth-order valence-corrected chi connectivity index (χ4v) is 4.19. The van der Waals surface area contributed by atoms with Crippen molar-refractivity contribution in [3.05, 3.63) is 42.0 Å². The van der Waals surface area contributed by atoms with Crippen molar-refractivity contribution in [3.63, 3.8) is 0 Å². The maximum Gasteiger partial charge on any atom is 0.119 e. The molecule has 0 bridgehead atoms. The first-order valence-electron chi connectivity index (χ1n) is 11.7.